The molecule has 1 saturated heterocycles. The predicted octanol–water partition coefficient (Wildman–Crippen LogP) is 1.99. The monoisotopic (exact) mass is 286 g/mol. The minimum absolute atomic E-state index is 0. The molecule has 108 valence electrons. The zero-order valence-corrected chi connectivity index (χ0v) is 12.2. The fraction of sp³-hybridized carbons (Fsp3) is 0.571. The summed E-state index contributed by atoms with van der Waals surface area (Å²) in [5, 5.41) is 9.76. The van der Waals surface area contributed by atoms with Gasteiger partial charge in [0.15, 0.2) is 11.5 Å². The van der Waals surface area contributed by atoms with Crippen LogP contribution in [0.5, 0.6) is 11.5 Å². The van der Waals surface area contributed by atoms with E-state index in [2.05, 4.69) is 4.90 Å². The molecule has 2 rings (SSSR count). The summed E-state index contributed by atoms with van der Waals surface area (Å²) in [7, 11) is 1.56. The highest BCUT2D eigenvalue weighted by atomic mass is 35.5. The van der Waals surface area contributed by atoms with Crippen molar-refractivity contribution in [3.8, 4) is 11.5 Å². The molecule has 5 heteroatoms. The topological polar surface area (TPSA) is 58.7 Å². The van der Waals surface area contributed by atoms with Gasteiger partial charge in [-0.25, -0.2) is 0 Å². The van der Waals surface area contributed by atoms with Crippen molar-refractivity contribution >= 4 is 12.4 Å². The molecule has 1 aromatic carbocycles. The lowest BCUT2D eigenvalue weighted by Gasteiger charge is -2.32. The Morgan fingerprint density at radius 2 is 2.26 bits per heavy atom. The Balaban J connectivity index is 0.00000180. The lowest BCUT2D eigenvalue weighted by molar-refractivity contribution is 0.171. The normalized spacial score (nSPS) is 19.8. The number of benzene rings is 1. The summed E-state index contributed by atoms with van der Waals surface area (Å²) in [6, 6.07) is 5.60. The van der Waals surface area contributed by atoms with Gasteiger partial charge in [0.1, 0.15) is 0 Å². The molecule has 0 amide bonds. The van der Waals surface area contributed by atoms with Gasteiger partial charge >= 0.3 is 0 Å². The van der Waals surface area contributed by atoms with Crippen molar-refractivity contribution in [3.63, 3.8) is 0 Å². The second kappa shape index (κ2) is 7.58. The summed E-state index contributed by atoms with van der Waals surface area (Å²) in [5.74, 6) is 1.35. The SMILES string of the molecule is COc1ccc(CN2CCCC(CN)C2)cc1O.Cl. The first-order valence-corrected chi connectivity index (χ1v) is 6.51. The zero-order chi connectivity index (χ0) is 13.0. The number of phenolic OH excluding ortho intramolecular Hbond substituents is 1. The van der Waals surface area contributed by atoms with Gasteiger partial charge in [0.25, 0.3) is 0 Å². The largest absolute Gasteiger partial charge is 0.504 e. The second-order valence-electron chi connectivity index (χ2n) is 4.99. The Morgan fingerprint density at radius 3 is 2.89 bits per heavy atom. The van der Waals surface area contributed by atoms with E-state index in [4.69, 9.17) is 10.5 Å². The summed E-state index contributed by atoms with van der Waals surface area (Å²) < 4.78 is 5.04. The number of hydrogen-bond acceptors (Lipinski definition) is 4. The van der Waals surface area contributed by atoms with Crippen LogP contribution in [-0.4, -0.2) is 36.8 Å². The van der Waals surface area contributed by atoms with Crippen LogP contribution in [-0.2, 0) is 6.54 Å². The molecule has 19 heavy (non-hydrogen) atoms. The van der Waals surface area contributed by atoms with Crippen molar-refractivity contribution in [1.29, 1.82) is 0 Å². The standard InChI is InChI=1S/C14H22N2O2.ClH/c1-18-14-5-4-11(7-13(14)17)9-16-6-2-3-12(8-15)10-16;/h4-5,7,12,17H,2-3,6,8-10,15H2,1H3;1H. The molecule has 1 aromatic rings. The number of piperidine rings is 1. The van der Waals surface area contributed by atoms with Gasteiger partial charge in [0.05, 0.1) is 7.11 Å². The highest BCUT2D eigenvalue weighted by Crippen LogP contribution is 2.27. The van der Waals surface area contributed by atoms with Crippen molar-refractivity contribution in [1.82, 2.24) is 4.90 Å². The van der Waals surface area contributed by atoms with Crippen LogP contribution in [0.15, 0.2) is 18.2 Å². The first kappa shape index (κ1) is 16.1. The van der Waals surface area contributed by atoms with E-state index >= 15 is 0 Å². The van der Waals surface area contributed by atoms with Gasteiger partial charge in [-0.15, -0.1) is 12.4 Å². The quantitative estimate of drug-likeness (QED) is 0.889. The molecule has 0 aromatic heterocycles. The molecule has 0 aliphatic carbocycles. The fourth-order valence-electron chi connectivity index (χ4n) is 2.58. The molecule has 0 radical (unpaired) electrons. The van der Waals surface area contributed by atoms with E-state index in [0.29, 0.717) is 11.7 Å². The van der Waals surface area contributed by atoms with E-state index in [1.54, 1.807) is 13.2 Å². The third-order valence-electron chi connectivity index (χ3n) is 3.59. The van der Waals surface area contributed by atoms with Gasteiger partial charge in [-0.3, -0.25) is 4.90 Å². The Kier molecular flexibility index (Phi) is 6.42. The van der Waals surface area contributed by atoms with Gasteiger partial charge in [0.2, 0.25) is 0 Å². The number of aromatic hydroxyl groups is 1. The van der Waals surface area contributed by atoms with Crippen LogP contribution in [0.3, 0.4) is 0 Å². The molecule has 1 unspecified atom stereocenters. The fourth-order valence-corrected chi connectivity index (χ4v) is 2.58. The van der Waals surface area contributed by atoms with Gasteiger partial charge < -0.3 is 15.6 Å². The lowest BCUT2D eigenvalue weighted by Crippen LogP contribution is -2.37. The molecular formula is C14H23ClN2O2. The molecular weight excluding hydrogens is 264 g/mol. The molecule has 0 saturated carbocycles. The number of nitrogens with zero attached hydrogens (tertiary/aromatic N) is 1. The van der Waals surface area contributed by atoms with Crippen LogP contribution in [0, 0.1) is 5.92 Å². The van der Waals surface area contributed by atoms with Crippen LogP contribution < -0.4 is 10.5 Å². The minimum Gasteiger partial charge on any atom is -0.504 e. The van der Waals surface area contributed by atoms with Gasteiger partial charge in [0, 0.05) is 13.1 Å². The maximum Gasteiger partial charge on any atom is 0.160 e. The van der Waals surface area contributed by atoms with E-state index < -0.39 is 0 Å². The summed E-state index contributed by atoms with van der Waals surface area (Å²) in [5.41, 5.74) is 6.85. The lowest BCUT2D eigenvalue weighted by atomic mass is 9.98. The van der Waals surface area contributed by atoms with Crippen LogP contribution in [0.4, 0.5) is 0 Å². The van der Waals surface area contributed by atoms with E-state index in [0.717, 1.165) is 31.7 Å². The summed E-state index contributed by atoms with van der Waals surface area (Å²) in [6.07, 6.45) is 2.45. The van der Waals surface area contributed by atoms with Gasteiger partial charge in [-0.1, -0.05) is 6.07 Å². The molecule has 1 atom stereocenters. The maximum atomic E-state index is 9.76. The van der Waals surface area contributed by atoms with Crippen molar-refractivity contribution in [2.45, 2.75) is 19.4 Å². The Labute approximate surface area is 121 Å². The third kappa shape index (κ3) is 4.27. The number of rotatable bonds is 4. The van der Waals surface area contributed by atoms with E-state index in [1.165, 1.54) is 12.8 Å². The highest BCUT2D eigenvalue weighted by molar-refractivity contribution is 5.85. The summed E-state index contributed by atoms with van der Waals surface area (Å²) >= 11 is 0. The molecule has 1 aliphatic heterocycles. The van der Waals surface area contributed by atoms with Crippen molar-refractivity contribution < 1.29 is 9.84 Å². The van der Waals surface area contributed by atoms with E-state index in [1.807, 2.05) is 12.1 Å². The van der Waals surface area contributed by atoms with Crippen molar-refractivity contribution in [2.24, 2.45) is 11.7 Å². The highest BCUT2D eigenvalue weighted by Gasteiger charge is 2.18. The number of phenols is 1. The van der Waals surface area contributed by atoms with E-state index in [-0.39, 0.29) is 18.2 Å². The van der Waals surface area contributed by atoms with Crippen LogP contribution >= 0.6 is 12.4 Å². The summed E-state index contributed by atoms with van der Waals surface area (Å²) in [4.78, 5) is 2.41. The molecule has 4 nitrogen and oxygen atoms in total. The second-order valence-corrected chi connectivity index (χ2v) is 4.99. The minimum atomic E-state index is 0. The van der Waals surface area contributed by atoms with Crippen LogP contribution in [0.25, 0.3) is 0 Å². The first-order valence-electron chi connectivity index (χ1n) is 6.51. The predicted molar refractivity (Wildman–Crippen MR) is 79.0 cm³/mol. The average Bonchev–Trinajstić information content (AvgIpc) is 2.39. The van der Waals surface area contributed by atoms with Gasteiger partial charge in [-0.05, 0) is 49.5 Å². The molecule has 1 heterocycles. The van der Waals surface area contributed by atoms with Crippen LogP contribution in [0.2, 0.25) is 0 Å². The third-order valence-corrected chi connectivity index (χ3v) is 3.59. The van der Waals surface area contributed by atoms with Crippen molar-refractivity contribution in [2.75, 3.05) is 26.7 Å². The summed E-state index contributed by atoms with van der Waals surface area (Å²) in [6.45, 7) is 3.81. The number of halogens is 1. The Bertz CT molecular complexity index is 401. The average molecular weight is 287 g/mol. The molecule has 1 aliphatic rings. The Hall–Kier alpha value is -0.970. The number of hydrogen-bond donors (Lipinski definition) is 2. The molecule has 3 N–H and O–H groups in total. The van der Waals surface area contributed by atoms with Crippen LogP contribution in [0.1, 0.15) is 18.4 Å². The number of methoxy groups -OCH3 is 1. The molecule has 1 fully saturated rings. The Morgan fingerprint density at radius 1 is 1.47 bits per heavy atom. The zero-order valence-electron chi connectivity index (χ0n) is 11.3. The smallest absolute Gasteiger partial charge is 0.160 e. The molecule has 0 bridgehead atoms. The maximum absolute atomic E-state index is 9.76. The number of likely N-dealkylation sites (tertiary alicyclic amines) is 1. The van der Waals surface area contributed by atoms with Crippen molar-refractivity contribution in [3.05, 3.63) is 23.8 Å². The first-order chi connectivity index (χ1) is 8.72. The van der Waals surface area contributed by atoms with E-state index in [9.17, 15) is 5.11 Å². The number of nitrogens with two attached hydrogens (primary N) is 1. The number of ether oxygens (including phenoxy) is 1. The molecule has 0 spiro atoms. The van der Waals surface area contributed by atoms with Gasteiger partial charge in [-0.2, -0.15) is 0 Å².